The van der Waals surface area contributed by atoms with Gasteiger partial charge in [-0.3, -0.25) is 0 Å². The molecule has 1 aromatic heterocycles. The van der Waals surface area contributed by atoms with Crippen LogP contribution in [0.4, 0.5) is 8.78 Å². The van der Waals surface area contributed by atoms with E-state index in [-0.39, 0.29) is 0 Å². The van der Waals surface area contributed by atoms with Crippen LogP contribution < -0.4 is 5.73 Å². The average Bonchev–Trinajstić information content (AvgIpc) is 2.78. The van der Waals surface area contributed by atoms with E-state index in [1.807, 2.05) is 6.07 Å². The fourth-order valence-corrected chi connectivity index (χ4v) is 1.71. The van der Waals surface area contributed by atoms with Gasteiger partial charge in [0.2, 0.25) is 0 Å². The molecule has 2 aromatic rings. The van der Waals surface area contributed by atoms with Crippen molar-refractivity contribution in [1.82, 2.24) is 0 Å². The number of nitrogens with two attached hydrogens (primary N) is 1. The Morgan fingerprint density at radius 2 is 2.06 bits per heavy atom. The lowest BCUT2D eigenvalue weighted by Gasteiger charge is -2.12. The van der Waals surface area contributed by atoms with Gasteiger partial charge in [0.1, 0.15) is 17.4 Å². The van der Waals surface area contributed by atoms with Gasteiger partial charge in [0.15, 0.2) is 0 Å². The Kier molecular flexibility index (Phi) is 3.54. The highest BCUT2D eigenvalue weighted by Crippen LogP contribution is 2.20. The molecular weight excluding hydrogens is 224 g/mol. The van der Waals surface area contributed by atoms with Gasteiger partial charge < -0.3 is 10.2 Å². The molecule has 1 unspecified atom stereocenters. The molecule has 0 saturated carbocycles. The molecule has 1 heterocycles. The van der Waals surface area contributed by atoms with E-state index in [1.165, 1.54) is 12.1 Å². The van der Waals surface area contributed by atoms with Gasteiger partial charge in [-0.2, -0.15) is 0 Å². The van der Waals surface area contributed by atoms with Crippen molar-refractivity contribution in [3.8, 4) is 0 Å². The number of rotatable bonds is 4. The number of halogens is 2. The first kappa shape index (κ1) is 11.8. The number of hydrogen-bond donors (Lipinski definition) is 1. The molecule has 1 aromatic carbocycles. The third-order valence-corrected chi connectivity index (χ3v) is 2.64. The van der Waals surface area contributed by atoms with Crippen LogP contribution in [-0.4, -0.2) is 0 Å². The fourth-order valence-electron chi connectivity index (χ4n) is 1.71. The molecule has 2 N–H and O–H groups in total. The first-order chi connectivity index (χ1) is 8.16. The van der Waals surface area contributed by atoms with E-state index in [4.69, 9.17) is 10.2 Å². The van der Waals surface area contributed by atoms with Crippen molar-refractivity contribution in [2.75, 3.05) is 0 Å². The van der Waals surface area contributed by atoms with Crippen LogP contribution >= 0.6 is 0 Å². The monoisotopic (exact) mass is 237 g/mol. The Labute approximate surface area is 98.0 Å². The second-order valence-corrected chi connectivity index (χ2v) is 3.89. The average molecular weight is 237 g/mol. The Morgan fingerprint density at radius 1 is 1.24 bits per heavy atom. The summed E-state index contributed by atoms with van der Waals surface area (Å²) in [6.45, 7) is 0. The van der Waals surface area contributed by atoms with Gasteiger partial charge >= 0.3 is 0 Å². The minimum Gasteiger partial charge on any atom is -0.469 e. The summed E-state index contributed by atoms with van der Waals surface area (Å²) in [5, 5.41) is 0. The first-order valence-corrected chi connectivity index (χ1v) is 5.39. The van der Waals surface area contributed by atoms with Crippen LogP contribution in [0.2, 0.25) is 0 Å². The van der Waals surface area contributed by atoms with Crippen LogP contribution in [-0.2, 0) is 6.42 Å². The van der Waals surface area contributed by atoms with Gasteiger partial charge in [-0.25, -0.2) is 8.78 Å². The van der Waals surface area contributed by atoms with Crippen molar-refractivity contribution in [1.29, 1.82) is 0 Å². The molecule has 0 aliphatic heterocycles. The summed E-state index contributed by atoms with van der Waals surface area (Å²) in [6, 6.07) is 6.62. The highest BCUT2D eigenvalue weighted by molar-refractivity contribution is 5.22. The highest BCUT2D eigenvalue weighted by atomic mass is 19.1. The number of aryl methyl sites for hydroxylation is 1. The van der Waals surface area contributed by atoms with E-state index in [0.717, 1.165) is 11.8 Å². The molecule has 2 nitrogen and oxygen atoms in total. The van der Waals surface area contributed by atoms with E-state index in [1.54, 1.807) is 12.3 Å². The zero-order chi connectivity index (χ0) is 12.3. The summed E-state index contributed by atoms with van der Waals surface area (Å²) in [5.74, 6) is -0.385. The largest absolute Gasteiger partial charge is 0.469 e. The second-order valence-electron chi connectivity index (χ2n) is 3.89. The van der Waals surface area contributed by atoms with Gasteiger partial charge in [0.25, 0.3) is 0 Å². The van der Waals surface area contributed by atoms with Crippen LogP contribution in [0.5, 0.6) is 0 Å². The summed E-state index contributed by atoms with van der Waals surface area (Å²) in [7, 11) is 0. The quantitative estimate of drug-likeness (QED) is 0.886. The summed E-state index contributed by atoms with van der Waals surface area (Å²) in [5.41, 5.74) is 6.19. The maximum atomic E-state index is 13.4. The topological polar surface area (TPSA) is 39.2 Å². The standard InChI is InChI=1S/C13H13F2NO/c14-9-3-5-11(12(15)8-9)13(16)6-4-10-2-1-7-17-10/h1-3,5,7-8,13H,4,6,16H2. The predicted octanol–water partition coefficient (Wildman–Crippen LogP) is 3.19. The predicted molar refractivity (Wildman–Crippen MR) is 60.3 cm³/mol. The van der Waals surface area contributed by atoms with Gasteiger partial charge in [0, 0.05) is 24.1 Å². The van der Waals surface area contributed by atoms with E-state index in [9.17, 15) is 8.78 Å². The minimum atomic E-state index is -0.600. The van der Waals surface area contributed by atoms with Crippen LogP contribution in [0.25, 0.3) is 0 Å². The molecule has 0 fully saturated rings. The Hall–Kier alpha value is -1.68. The molecule has 0 spiro atoms. The Morgan fingerprint density at radius 3 is 2.71 bits per heavy atom. The summed E-state index contributed by atoms with van der Waals surface area (Å²) < 4.78 is 31.3. The van der Waals surface area contributed by atoms with E-state index < -0.39 is 17.7 Å². The first-order valence-electron chi connectivity index (χ1n) is 5.39. The normalized spacial score (nSPS) is 12.6. The molecular formula is C13H13F2NO. The van der Waals surface area contributed by atoms with Crippen molar-refractivity contribution in [3.05, 3.63) is 59.6 Å². The summed E-state index contributed by atoms with van der Waals surface area (Å²) >= 11 is 0. The molecule has 0 radical (unpaired) electrons. The van der Waals surface area contributed by atoms with Gasteiger partial charge in [-0.1, -0.05) is 6.07 Å². The lowest BCUT2D eigenvalue weighted by Crippen LogP contribution is -2.13. The van der Waals surface area contributed by atoms with Gasteiger partial charge in [0.05, 0.1) is 6.26 Å². The van der Waals surface area contributed by atoms with Crippen molar-refractivity contribution >= 4 is 0 Å². The maximum absolute atomic E-state index is 13.4. The van der Waals surface area contributed by atoms with Crippen LogP contribution in [0.1, 0.15) is 23.8 Å². The Balaban J connectivity index is 2.01. The van der Waals surface area contributed by atoms with Crippen molar-refractivity contribution in [2.45, 2.75) is 18.9 Å². The molecule has 90 valence electrons. The number of furan rings is 1. The fraction of sp³-hybridized carbons (Fsp3) is 0.231. The SMILES string of the molecule is NC(CCc1ccco1)c1ccc(F)cc1F. The van der Waals surface area contributed by atoms with Crippen LogP contribution in [0.3, 0.4) is 0 Å². The number of benzene rings is 1. The second kappa shape index (κ2) is 5.10. The molecule has 0 aliphatic carbocycles. The van der Waals surface area contributed by atoms with Gasteiger partial charge in [-0.15, -0.1) is 0 Å². The van der Waals surface area contributed by atoms with Crippen molar-refractivity contribution in [3.63, 3.8) is 0 Å². The maximum Gasteiger partial charge on any atom is 0.130 e. The third kappa shape index (κ3) is 2.91. The number of hydrogen-bond acceptors (Lipinski definition) is 2. The smallest absolute Gasteiger partial charge is 0.130 e. The zero-order valence-electron chi connectivity index (χ0n) is 9.20. The molecule has 1 atom stereocenters. The summed E-state index contributed by atoms with van der Waals surface area (Å²) in [6.07, 6.45) is 2.76. The third-order valence-electron chi connectivity index (χ3n) is 2.64. The van der Waals surface area contributed by atoms with Crippen molar-refractivity contribution in [2.24, 2.45) is 5.73 Å². The summed E-state index contributed by atoms with van der Waals surface area (Å²) in [4.78, 5) is 0. The van der Waals surface area contributed by atoms with E-state index in [0.29, 0.717) is 18.4 Å². The van der Waals surface area contributed by atoms with Crippen LogP contribution in [0.15, 0.2) is 41.0 Å². The van der Waals surface area contributed by atoms with Crippen LogP contribution in [0, 0.1) is 11.6 Å². The molecule has 0 bridgehead atoms. The highest BCUT2D eigenvalue weighted by Gasteiger charge is 2.12. The molecule has 0 amide bonds. The molecule has 0 saturated heterocycles. The zero-order valence-corrected chi connectivity index (χ0v) is 9.20. The lowest BCUT2D eigenvalue weighted by atomic mass is 10.0. The van der Waals surface area contributed by atoms with Gasteiger partial charge in [-0.05, 0) is 24.6 Å². The van der Waals surface area contributed by atoms with E-state index >= 15 is 0 Å². The molecule has 0 aliphatic rings. The lowest BCUT2D eigenvalue weighted by molar-refractivity contribution is 0.481. The Bertz CT molecular complexity index is 482. The minimum absolute atomic E-state index is 0.331. The van der Waals surface area contributed by atoms with Crippen molar-refractivity contribution < 1.29 is 13.2 Å². The molecule has 17 heavy (non-hydrogen) atoms. The molecule has 4 heteroatoms. The molecule has 2 rings (SSSR count). The van der Waals surface area contributed by atoms with E-state index in [2.05, 4.69) is 0 Å².